The standard InChI is InChI=1S/C26H36N2O3/c1-6-23(25(30)27-26(3,4)5)28(19-21-13-10-12-20(2)18-21)24(29)16-11-17-31-22-14-8-7-9-15-22/h7-10,12-15,18,23H,6,11,16-17,19H2,1-5H3,(H,27,30)/t23-/m0/s1. The van der Waals surface area contributed by atoms with Gasteiger partial charge in [-0.05, 0) is 58.2 Å². The van der Waals surface area contributed by atoms with E-state index in [0.29, 0.717) is 32.4 Å². The van der Waals surface area contributed by atoms with Gasteiger partial charge in [0, 0.05) is 18.5 Å². The van der Waals surface area contributed by atoms with Crippen molar-refractivity contribution in [2.45, 2.75) is 72.0 Å². The highest BCUT2D eigenvalue weighted by molar-refractivity contribution is 5.88. The van der Waals surface area contributed by atoms with E-state index >= 15 is 0 Å². The Morgan fingerprint density at radius 3 is 2.39 bits per heavy atom. The molecule has 0 bridgehead atoms. The molecule has 0 heterocycles. The van der Waals surface area contributed by atoms with E-state index in [1.54, 1.807) is 4.90 Å². The highest BCUT2D eigenvalue weighted by atomic mass is 16.5. The number of hydrogen-bond acceptors (Lipinski definition) is 3. The third kappa shape index (κ3) is 8.44. The lowest BCUT2D eigenvalue weighted by Crippen LogP contribution is -2.53. The zero-order valence-corrected chi connectivity index (χ0v) is 19.5. The number of nitrogens with zero attached hydrogens (tertiary/aromatic N) is 1. The Balaban J connectivity index is 2.09. The average molecular weight is 425 g/mol. The van der Waals surface area contributed by atoms with Crippen LogP contribution in [0, 0.1) is 6.92 Å². The lowest BCUT2D eigenvalue weighted by Gasteiger charge is -2.33. The van der Waals surface area contributed by atoms with Gasteiger partial charge in [-0.2, -0.15) is 0 Å². The van der Waals surface area contributed by atoms with Gasteiger partial charge in [0.15, 0.2) is 0 Å². The van der Waals surface area contributed by atoms with Gasteiger partial charge < -0.3 is 15.0 Å². The Labute approximate surface area is 186 Å². The monoisotopic (exact) mass is 424 g/mol. The molecule has 1 atom stereocenters. The molecule has 2 rings (SSSR count). The summed E-state index contributed by atoms with van der Waals surface area (Å²) in [7, 11) is 0. The van der Waals surface area contributed by atoms with Crippen molar-refractivity contribution in [3.05, 3.63) is 65.7 Å². The zero-order valence-electron chi connectivity index (χ0n) is 19.5. The third-order valence-corrected chi connectivity index (χ3v) is 4.87. The normalized spacial score (nSPS) is 12.2. The second kappa shape index (κ2) is 11.5. The van der Waals surface area contributed by atoms with E-state index in [1.165, 1.54) is 0 Å². The molecule has 0 fully saturated rings. The quantitative estimate of drug-likeness (QED) is 0.553. The van der Waals surface area contributed by atoms with Crippen LogP contribution in [-0.2, 0) is 16.1 Å². The lowest BCUT2D eigenvalue weighted by atomic mass is 10.0. The topological polar surface area (TPSA) is 58.6 Å². The highest BCUT2D eigenvalue weighted by Gasteiger charge is 2.30. The van der Waals surface area contributed by atoms with Crippen LogP contribution in [0.15, 0.2) is 54.6 Å². The predicted molar refractivity (Wildman–Crippen MR) is 125 cm³/mol. The van der Waals surface area contributed by atoms with Crippen LogP contribution in [0.5, 0.6) is 5.75 Å². The summed E-state index contributed by atoms with van der Waals surface area (Å²) in [6.45, 7) is 10.7. The molecule has 2 aromatic carbocycles. The molecule has 2 amide bonds. The number of nitrogens with one attached hydrogen (secondary N) is 1. The van der Waals surface area contributed by atoms with Gasteiger partial charge in [-0.1, -0.05) is 55.0 Å². The van der Waals surface area contributed by atoms with E-state index in [-0.39, 0.29) is 17.4 Å². The van der Waals surface area contributed by atoms with Crippen molar-refractivity contribution >= 4 is 11.8 Å². The minimum atomic E-state index is -0.512. The first-order valence-corrected chi connectivity index (χ1v) is 11.0. The third-order valence-electron chi connectivity index (χ3n) is 4.87. The number of benzene rings is 2. The number of aryl methyl sites for hydroxylation is 1. The van der Waals surface area contributed by atoms with Gasteiger partial charge in [0.2, 0.25) is 11.8 Å². The summed E-state index contributed by atoms with van der Waals surface area (Å²) < 4.78 is 5.72. The Morgan fingerprint density at radius 1 is 1.06 bits per heavy atom. The number of hydrogen-bond donors (Lipinski definition) is 1. The summed E-state index contributed by atoms with van der Waals surface area (Å²) in [6, 6.07) is 17.1. The van der Waals surface area contributed by atoms with E-state index in [1.807, 2.05) is 83.1 Å². The minimum Gasteiger partial charge on any atom is -0.494 e. The molecule has 168 valence electrons. The molecule has 31 heavy (non-hydrogen) atoms. The van der Waals surface area contributed by atoms with Gasteiger partial charge in [0.05, 0.1) is 6.61 Å². The van der Waals surface area contributed by atoms with Gasteiger partial charge in [-0.15, -0.1) is 0 Å². The fraction of sp³-hybridized carbons (Fsp3) is 0.462. The largest absolute Gasteiger partial charge is 0.494 e. The van der Waals surface area contributed by atoms with Gasteiger partial charge >= 0.3 is 0 Å². The second-order valence-corrected chi connectivity index (χ2v) is 8.94. The summed E-state index contributed by atoms with van der Waals surface area (Å²) in [5.41, 5.74) is 1.80. The maximum Gasteiger partial charge on any atom is 0.243 e. The van der Waals surface area contributed by atoms with Gasteiger partial charge in [0.25, 0.3) is 0 Å². The SMILES string of the molecule is CC[C@@H](C(=O)NC(C)(C)C)N(Cc1cccc(C)c1)C(=O)CCCOc1ccccc1. The average Bonchev–Trinajstić information content (AvgIpc) is 2.70. The van der Waals surface area contributed by atoms with Crippen LogP contribution in [-0.4, -0.2) is 34.9 Å². The van der Waals surface area contributed by atoms with Crippen molar-refractivity contribution in [1.29, 1.82) is 0 Å². The Bertz CT molecular complexity index is 843. The smallest absolute Gasteiger partial charge is 0.243 e. The van der Waals surface area contributed by atoms with Crippen molar-refractivity contribution in [2.75, 3.05) is 6.61 Å². The molecule has 0 aliphatic heterocycles. The Kier molecular flexibility index (Phi) is 9.10. The first kappa shape index (κ1) is 24.4. The molecule has 0 unspecified atom stereocenters. The molecule has 0 radical (unpaired) electrons. The number of carbonyl (C=O) groups excluding carboxylic acids is 2. The molecule has 0 aliphatic carbocycles. The van der Waals surface area contributed by atoms with E-state index < -0.39 is 6.04 Å². The van der Waals surface area contributed by atoms with Gasteiger partial charge in [0.1, 0.15) is 11.8 Å². The molecule has 0 saturated carbocycles. The van der Waals surface area contributed by atoms with Crippen molar-refractivity contribution < 1.29 is 14.3 Å². The van der Waals surface area contributed by atoms with Crippen molar-refractivity contribution in [1.82, 2.24) is 10.2 Å². The predicted octanol–water partition coefficient (Wildman–Crippen LogP) is 4.88. The van der Waals surface area contributed by atoms with Crippen molar-refractivity contribution in [3.63, 3.8) is 0 Å². The molecule has 0 saturated heterocycles. The minimum absolute atomic E-state index is 0.0333. The van der Waals surface area contributed by atoms with E-state index in [2.05, 4.69) is 11.4 Å². The van der Waals surface area contributed by atoms with Crippen LogP contribution in [0.2, 0.25) is 0 Å². The summed E-state index contributed by atoms with van der Waals surface area (Å²) in [4.78, 5) is 27.9. The van der Waals surface area contributed by atoms with Crippen molar-refractivity contribution in [2.24, 2.45) is 0 Å². The van der Waals surface area contributed by atoms with Crippen LogP contribution in [0.25, 0.3) is 0 Å². The molecule has 1 N–H and O–H groups in total. The zero-order chi connectivity index (χ0) is 22.9. The molecule has 0 aromatic heterocycles. The fourth-order valence-electron chi connectivity index (χ4n) is 3.45. The number of amides is 2. The number of ether oxygens (including phenoxy) is 1. The van der Waals surface area contributed by atoms with E-state index in [4.69, 9.17) is 4.74 Å². The summed E-state index contributed by atoms with van der Waals surface area (Å²) in [6.07, 6.45) is 1.48. The van der Waals surface area contributed by atoms with Crippen LogP contribution in [0.3, 0.4) is 0 Å². The van der Waals surface area contributed by atoms with Crippen LogP contribution >= 0.6 is 0 Å². The lowest BCUT2D eigenvalue weighted by molar-refractivity contribution is -0.142. The van der Waals surface area contributed by atoms with Crippen molar-refractivity contribution in [3.8, 4) is 5.75 Å². The first-order chi connectivity index (χ1) is 14.7. The summed E-state index contributed by atoms with van der Waals surface area (Å²) in [5, 5.41) is 3.03. The molecule has 0 aliphatic rings. The Morgan fingerprint density at radius 2 is 1.77 bits per heavy atom. The molecule has 5 heteroatoms. The molecule has 5 nitrogen and oxygen atoms in total. The molecular formula is C26H36N2O3. The van der Waals surface area contributed by atoms with Crippen LogP contribution in [0.4, 0.5) is 0 Å². The fourth-order valence-corrected chi connectivity index (χ4v) is 3.45. The maximum atomic E-state index is 13.2. The van der Waals surface area contributed by atoms with Crippen LogP contribution < -0.4 is 10.1 Å². The maximum absolute atomic E-state index is 13.2. The van der Waals surface area contributed by atoms with E-state index in [0.717, 1.165) is 16.9 Å². The van der Waals surface area contributed by atoms with Gasteiger partial charge in [-0.3, -0.25) is 9.59 Å². The molecule has 0 spiro atoms. The van der Waals surface area contributed by atoms with Gasteiger partial charge in [-0.25, -0.2) is 0 Å². The Hall–Kier alpha value is -2.82. The summed E-state index contributed by atoms with van der Waals surface area (Å²) in [5.74, 6) is 0.646. The number of carbonyl (C=O) groups is 2. The van der Waals surface area contributed by atoms with E-state index in [9.17, 15) is 9.59 Å². The first-order valence-electron chi connectivity index (χ1n) is 11.0. The van der Waals surface area contributed by atoms with Crippen LogP contribution in [0.1, 0.15) is 58.1 Å². The molecular weight excluding hydrogens is 388 g/mol. The second-order valence-electron chi connectivity index (χ2n) is 8.94. The molecule has 2 aromatic rings. The number of rotatable bonds is 10. The number of para-hydroxylation sites is 1. The summed E-state index contributed by atoms with van der Waals surface area (Å²) >= 11 is 0. The highest BCUT2D eigenvalue weighted by Crippen LogP contribution is 2.17.